The molecular formula is C17H20O3. The number of fused-ring (bicyclic) bond motifs is 2. The Kier molecular flexibility index (Phi) is 2.58. The highest BCUT2D eigenvalue weighted by atomic mass is 16.5. The largest absolute Gasteiger partial charge is 0.508 e. The third kappa shape index (κ3) is 1.85. The van der Waals surface area contributed by atoms with Crippen LogP contribution in [0, 0.1) is 0 Å². The van der Waals surface area contributed by atoms with E-state index in [-0.39, 0.29) is 5.75 Å². The van der Waals surface area contributed by atoms with E-state index in [1.165, 1.54) is 0 Å². The standard InChI is InChI=1S/C17H20O3/c1-10-7-13-12-6-5-11(18)8-14(12)16(2,3)20-15(13)9-17(10,4)19/h5-8,18-19H,9H2,1-4H3. The van der Waals surface area contributed by atoms with E-state index in [0.717, 1.165) is 28.0 Å². The van der Waals surface area contributed by atoms with Crippen LogP contribution in [-0.2, 0) is 10.3 Å². The molecule has 1 aliphatic carbocycles. The predicted octanol–water partition coefficient (Wildman–Crippen LogP) is 3.47. The molecule has 106 valence electrons. The molecule has 0 aromatic heterocycles. The summed E-state index contributed by atoms with van der Waals surface area (Å²) in [5.74, 6) is 1.07. The highest BCUT2D eigenvalue weighted by Gasteiger charge is 2.39. The maximum absolute atomic E-state index is 10.4. The van der Waals surface area contributed by atoms with Crippen molar-refractivity contribution in [3.63, 3.8) is 0 Å². The summed E-state index contributed by atoms with van der Waals surface area (Å²) in [5.41, 5.74) is 2.62. The average Bonchev–Trinajstić information content (AvgIpc) is 2.32. The van der Waals surface area contributed by atoms with Crippen molar-refractivity contribution in [2.24, 2.45) is 0 Å². The van der Waals surface area contributed by atoms with Crippen molar-refractivity contribution in [3.8, 4) is 5.75 Å². The van der Waals surface area contributed by atoms with Crippen LogP contribution in [0.3, 0.4) is 0 Å². The molecule has 0 fully saturated rings. The molecule has 0 saturated carbocycles. The summed E-state index contributed by atoms with van der Waals surface area (Å²) < 4.78 is 6.11. The fourth-order valence-corrected chi connectivity index (χ4v) is 2.95. The maximum Gasteiger partial charge on any atom is 0.129 e. The Morgan fingerprint density at radius 3 is 2.60 bits per heavy atom. The number of hydrogen-bond acceptors (Lipinski definition) is 3. The SMILES string of the molecule is CC1=CC2=C(CC1(C)O)OC(C)(C)c1cc(O)ccc12. The fraction of sp³-hybridized carbons (Fsp3) is 0.412. The number of ether oxygens (including phenoxy) is 1. The van der Waals surface area contributed by atoms with Gasteiger partial charge in [-0.3, -0.25) is 0 Å². The van der Waals surface area contributed by atoms with E-state index in [0.29, 0.717) is 6.42 Å². The number of rotatable bonds is 0. The number of hydrogen-bond donors (Lipinski definition) is 2. The Hall–Kier alpha value is -1.74. The highest BCUT2D eigenvalue weighted by Crippen LogP contribution is 2.47. The van der Waals surface area contributed by atoms with Gasteiger partial charge in [-0.15, -0.1) is 0 Å². The van der Waals surface area contributed by atoms with Gasteiger partial charge in [0.05, 0.1) is 5.60 Å². The molecule has 3 nitrogen and oxygen atoms in total. The summed E-state index contributed by atoms with van der Waals surface area (Å²) in [5, 5.41) is 20.1. The van der Waals surface area contributed by atoms with Gasteiger partial charge in [-0.05, 0) is 57.0 Å². The Balaban J connectivity index is 2.23. The second-order valence-electron chi connectivity index (χ2n) is 6.46. The van der Waals surface area contributed by atoms with Crippen molar-refractivity contribution in [1.29, 1.82) is 0 Å². The number of aliphatic hydroxyl groups is 1. The third-order valence-corrected chi connectivity index (χ3v) is 4.34. The predicted molar refractivity (Wildman–Crippen MR) is 78.1 cm³/mol. The van der Waals surface area contributed by atoms with Crippen molar-refractivity contribution in [2.45, 2.75) is 45.3 Å². The van der Waals surface area contributed by atoms with E-state index < -0.39 is 11.2 Å². The van der Waals surface area contributed by atoms with Gasteiger partial charge in [0, 0.05) is 17.6 Å². The van der Waals surface area contributed by atoms with E-state index in [2.05, 4.69) is 0 Å². The molecule has 0 saturated heterocycles. The molecule has 1 unspecified atom stereocenters. The molecule has 2 N–H and O–H groups in total. The number of aromatic hydroxyl groups is 1. The zero-order valence-electron chi connectivity index (χ0n) is 12.3. The zero-order chi connectivity index (χ0) is 14.7. The Morgan fingerprint density at radius 2 is 1.90 bits per heavy atom. The summed E-state index contributed by atoms with van der Waals surface area (Å²) in [6, 6.07) is 5.38. The number of phenolic OH excluding ortho intramolecular Hbond substituents is 1. The Bertz CT molecular complexity index is 648. The van der Waals surface area contributed by atoms with Gasteiger partial charge in [0.2, 0.25) is 0 Å². The lowest BCUT2D eigenvalue weighted by Crippen LogP contribution is -2.35. The van der Waals surface area contributed by atoms with E-state index in [9.17, 15) is 10.2 Å². The first kappa shape index (κ1) is 13.3. The molecule has 2 aliphatic rings. The van der Waals surface area contributed by atoms with Crippen LogP contribution in [0.1, 0.15) is 45.2 Å². The van der Waals surface area contributed by atoms with Gasteiger partial charge in [0.1, 0.15) is 17.1 Å². The first-order valence-electron chi connectivity index (χ1n) is 6.88. The smallest absolute Gasteiger partial charge is 0.129 e. The second kappa shape index (κ2) is 3.89. The first-order valence-corrected chi connectivity index (χ1v) is 6.88. The number of allylic oxidation sites excluding steroid dienone is 2. The minimum atomic E-state index is -0.858. The van der Waals surface area contributed by atoms with E-state index in [4.69, 9.17) is 4.74 Å². The maximum atomic E-state index is 10.4. The van der Waals surface area contributed by atoms with Crippen molar-refractivity contribution in [2.75, 3.05) is 0 Å². The van der Waals surface area contributed by atoms with Gasteiger partial charge in [0.15, 0.2) is 0 Å². The van der Waals surface area contributed by atoms with Crippen molar-refractivity contribution < 1.29 is 14.9 Å². The average molecular weight is 272 g/mol. The number of benzene rings is 1. The normalized spacial score (nSPS) is 27.4. The molecule has 1 aliphatic heterocycles. The molecule has 0 bridgehead atoms. The second-order valence-corrected chi connectivity index (χ2v) is 6.46. The molecule has 0 spiro atoms. The van der Waals surface area contributed by atoms with Crippen molar-refractivity contribution in [1.82, 2.24) is 0 Å². The third-order valence-electron chi connectivity index (χ3n) is 4.34. The minimum Gasteiger partial charge on any atom is -0.508 e. The van der Waals surface area contributed by atoms with E-state index in [1.54, 1.807) is 12.1 Å². The van der Waals surface area contributed by atoms with Gasteiger partial charge in [-0.25, -0.2) is 0 Å². The van der Waals surface area contributed by atoms with Crippen LogP contribution >= 0.6 is 0 Å². The van der Waals surface area contributed by atoms with Gasteiger partial charge >= 0.3 is 0 Å². The summed E-state index contributed by atoms with van der Waals surface area (Å²) in [6.07, 6.45) is 2.47. The van der Waals surface area contributed by atoms with Gasteiger partial charge in [-0.2, -0.15) is 0 Å². The molecule has 0 amide bonds. The van der Waals surface area contributed by atoms with E-state index >= 15 is 0 Å². The minimum absolute atomic E-state index is 0.244. The van der Waals surface area contributed by atoms with Crippen LogP contribution < -0.4 is 0 Å². The molecule has 1 aromatic rings. The van der Waals surface area contributed by atoms with Crippen molar-refractivity contribution in [3.05, 3.63) is 46.7 Å². The molecule has 0 radical (unpaired) electrons. The molecular weight excluding hydrogens is 252 g/mol. The Morgan fingerprint density at radius 1 is 1.20 bits per heavy atom. The van der Waals surface area contributed by atoms with Gasteiger partial charge < -0.3 is 14.9 Å². The van der Waals surface area contributed by atoms with E-state index in [1.807, 2.05) is 39.8 Å². The summed E-state index contributed by atoms with van der Waals surface area (Å²) in [6.45, 7) is 7.71. The fourth-order valence-electron chi connectivity index (χ4n) is 2.95. The molecule has 1 atom stereocenters. The lowest BCUT2D eigenvalue weighted by molar-refractivity contribution is -0.00192. The van der Waals surface area contributed by atoms with Crippen LogP contribution in [0.4, 0.5) is 0 Å². The zero-order valence-corrected chi connectivity index (χ0v) is 12.3. The van der Waals surface area contributed by atoms with Gasteiger partial charge in [0.25, 0.3) is 0 Å². The summed E-state index contributed by atoms with van der Waals surface area (Å²) in [4.78, 5) is 0. The Labute approximate surface area is 119 Å². The van der Waals surface area contributed by atoms with Crippen LogP contribution in [0.15, 0.2) is 35.6 Å². The highest BCUT2D eigenvalue weighted by molar-refractivity contribution is 5.82. The van der Waals surface area contributed by atoms with Crippen LogP contribution in [-0.4, -0.2) is 15.8 Å². The molecule has 1 heterocycles. The van der Waals surface area contributed by atoms with Gasteiger partial charge in [-0.1, -0.05) is 6.07 Å². The molecule has 3 rings (SSSR count). The topological polar surface area (TPSA) is 49.7 Å². The van der Waals surface area contributed by atoms with Crippen LogP contribution in [0.2, 0.25) is 0 Å². The molecule has 20 heavy (non-hydrogen) atoms. The number of phenols is 1. The summed E-state index contributed by atoms with van der Waals surface area (Å²) in [7, 11) is 0. The lowest BCUT2D eigenvalue weighted by Gasteiger charge is -2.41. The summed E-state index contributed by atoms with van der Waals surface area (Å²) >= 11 is 0. The first-order chi connectivity index (χ1) is 9.21. The molecule has 3 heteroatoms. The lowest BCUT2D eigenvalue weighted by atomic mass is 9.78. The van der Waals surface area contributed by atoms with Crippen molar-refractivity contribution >= 4 is 5.57 Å². The quantitative estimate of drug-likeness (QED) is 0.760. The monoisotopic (exact) mass is 272 g/mol. The van der Waals surface area contributed by atoms with Crippen LogP contribution in [0.25, 0.3) is 5.57 Å². The van der Waals surface area contributed by atoms with Crippen LogP contribution in [0.5, 0.6) is 5.75 Å². The molecule has 1 aromatic carbocycles.